The number of carbonyl (C=O) groups is 1. The molecular formula is C25H21NO6. The van der Waals surface area contributed by atoms with Crippen LogP contribution in [0.4, 0.5) is 5.69 Å². The van der Waals surface area contributed by atoms with Gasteiger partial charge in [-0.25, -0.2) is 0 Å². The number of amides is 1. The molecule has 0 unspecified atom stereocenters. The lowest BCUT2D eigenvalue weighted by molar-refractivity contribution is 0.102. The summed E-state index contributed by atoms with van der Waals surface area (Å²) in [5.74, 6) is 1.80. The number of hydrogen-bond donors (Lipinski definition) is 1. The van der Waals surface area contributed by atoms with Gasteiger partial charge in [-0.3, -0.25) is 9.59 Å². The molecule has 4 rings (SSSR count). The number of hydrogen-bond acceptors (Lipinski definition) is 6. The first kappa shape index (κ1) is 21.0. The monoisotopic (exact) mass is 431 g/mol. The number of ether oxygens (including phenoxy) is 3. The summed E-state index contributed by atoms with van der Waals surface area (Å²) in [6.45, 7) is 0. The maximum absolute atomic E-state index is 12.7. The normalized spacial score (nSPS) is 10.6. The molecule has 0 spiro atoms. The van der Waals surface area contributed by atoms with E-state index in [2.05, 4.69) is 5.32 Å². The Bertz CT molecular complexity index is 1340. The standard InChI is InChI=1S/C25H21NO6/c1-29-18-8-4-15(5-9-18)23-14-20(27)19-13-17(7-11-21(19)32-23)26-25(28)16-6-10-22(30-2)24(12-16)31-3/h4-14H,1-3H3,(H,26,28). The summed E-state index contributed by atoms with van der Waals surface area (Å²) in [4.78, 5) is 25.4. The lowest BCUT2D eigenvalue weighted by Crippen LogP contribution is -2.12. The van der Waals surface area contributed by atoms with Gasteiger partial charge in [-0.05, 0) is 60.7 Å². The van der Waals surface area contributed by atoms with Gasteiger partial charge in [0, 0.05) is 22.9 Å². The number of fused-ring (bicyclic) bond motifs is 1. The summed E-state index contributed by atoms with van der Waals surface area (Å²) in [5.41, 5.74) is 1.84. The van der Waals surface area contributed by atoms with Gasteiger partial charge in [-0.2, -0.15) is 0 Å². The van der Waals surface area contributed by atoms with Gasteiger partial charge >= 0.3 is 0 Å². The Balaban J connectivity index is 1.61. The van der Waals surface area contributed by atoms with Crippen LogP contribution in [0.1, 0.15) is 10.4 Å². The molecule has 7 heteroatoms. The zero-order valence-corrected chi connectivity index (χ0v) is 17.8. The molecule has 0 atom stereocenters. The number of nitrogens with one attached hydrogen (secondary N) is 1. The highest BCUT2D eigenvalue weighted by Gasteiger charge is 2.13. The van der Waals surface area contributed by atoms with Gasteiger partial charge in [0.05, 0.1) is 26.7 Å². The lowest BCUT2D eigenvalue weighted by Gasteiger charge is -2.10. The molecule has 7 nitrogen and oxygen atoms in total. The fraction of sp³-hybridized carbons (Fsp3) is 0.120. The molecular weight excluding hydrogens is 410 g/mol. The van der Waals surface area contributed by atoms with E-state index in [1.807, 2.05) is 12.1 Å². The van der Waals surface area contributed by atoms with Gasteiger partial charge in [-0.1, -0.05) is 0 Å². The molecule has 162 valence electrons. The second kappa shape index (κ2) is 8.85. The third-order valence-electron chi connectivity index (χ3n) is 5.01. The minimum atomic E-state index is -0.343. The molecule has 0 radical (unpaired) electrons. The van der Waals surface area contributed by atoms with Gasteiger partial charge < -0.3 is 23.9 Å². The Hall–Kier alpha value is -4.26. The topological polar surface area (TPSA) is 87.0 Å². The van der Waals surface area contributed by atoms with Crippen molar-refractivity contribution in [3.8, 4) is 28.6 Å². The molecule has 0 aliphatic heterocycles. The van der Waals surface area contributed by atoms with Crippen LogP contribution < -0.4 is 25.0 Å². The van der Waals surface area contributed by atoms with Gasteiger partial charge in [0.15, 0.2) is 16.9 Å². The first-order valence-corrected chi connectivity index (χ1v) is 9.78. The van der Waals surface area contributed by atoms with Gasteiger partial charge in [0.25, 0.3) is 5.91 Å². The second-order valence-corrected chi connectivity index (χ2v) is 6.94. The molecule has 0 bridgehead atoms. The van der Waals surface area contributed by atoms with Crippen LogP contribution >= 0.6 is 0 Å². The predicted molar refractivity (Wildman–Crippen MR) is 122 cm³/mol. The van der Waals surface area contributed by atoms with E-state index in [1.54, 1.807) is 55.6 Å². The Kier molecular flexibility index (Phi) is 5.81. The molecule has 4 aromatic rings. The summed E-state index contributed by atoms with van der Waals surface area (Å²) in [7, 11) is 4.62. The third-order valence-corrected chi connectivity index (χ3v) is 5.01. The minimum absolute atomic E-state index is 0.209. The predicted octanol–water partition coefficient (Wildman–Crippen LogP) is 4.74. The number of anilines is 1. The minimum Gasteiger partial charge on any atom is -0.497 e. The number of rotatable bonds is 6. The van der Waals surface area contributed by atoms with Crippen LogP contribution in [0.2, 0.25) is 0 Å². The van der Waals surface area contributed by atoms with Crippen LogP contribution in [-0.4, -0.2) is 27.2 Å². The summed E-state index contributed by atoms with van der Waals surface area (Å²) in [6, 6.07) is 18.5. The molecule has 1 N–H and O–H groups in total. The Morgan fingerprint density at radius 1 is 0.812 bits per heavy atom. The van der Waals surface area contributed by atoms with Crippen LogP contribution in [0, 0.1) is 0 Å². The van der Waals surface area contributed by atoms with Crippen molar-refractivity contribution in [2.45, 2.75) is 0 Å². The van der Waals surface area contributed by atoms with Crippen molar-refractivity contribution >= 4 is 22.6 Å². The van der Waals surface area contributed by atoms with E-state index in [0.29, 0.717) is 45.2 Å². The number of carbonyl (C=O) groups excluding carboxylic acids is 1. The molecule has 0 aliphatic rings. The van der Waals surface area contributed by atoms with Gasteiger partial charge in [-0.15, -0.1) is 0 Å². The van der Waals surface area contributed by atoms with Crippen molar-refractivity contribution in [3.63, 3.8) is 0 Å². The fourth-order valence-corrected chi connectivity index (χ4v) is 3.31. The van der Waals surface area contributed by atoms with Gasteiger partial charge in [0.2, 0.25) is 0 Å². The van der Waals surface area contributed by atoms with E-state index in [1.165, 1.54) is 20.3 Å². The molecule has 3 aromatic carbocycles. The lowest BCUT2D eigenvalue weighted by atomic mass is 10.1. The van der Waals surface area contributed by atoms with E-state index in [0.717, 1.165) is 5.56 Å². The van der Waals surface area contributed by atoms with Crippen molar-refractivity contribution in [1.82, 2.24) is 0 Å². The van der Waals surface area contributed by atoms with E-state index >= 15 is 0 Å². The molecule has 0 saturated heterocycles. The second-order valence-electron chi connectivity index (χ2n) is 6.94. The highest BCUT2D eigenvalue weighted by Crippen LogP contribution is 2.29. The first-order chi connectivity index (χ1) is 15.5. The molecule has 1 aromatic heterocycles. The molecule has 0 fully saturated rings. The van der Waals surface area contributed by atoms with Crippen molar-refractivity contribution in [1.29, 1.82) is 0 Å². The summed E-state index contributed by atoms with van der Waals surface area (Å²) < 4.78 is 21.5. The summed E-state index contributed by atoms with van der Waals surface area (Å²) in [6.07, 6.45) is 0. The van der Waals surface area contributed by atoms with Crippen LogP contribution in [-0.2, 0) is 0 Å². The Morgan fingerprint density at radius 3 is 2.25 bits per heavy atom. The number of methoxy groups -OCH3 is 3. The largest absolute Gasteiger partial charge is 0.497 e. The van der Waals surface area contributed by atoms with Crippen molar-refractivity contribution in [2.75, 3.05) is 26.6 Å². The highest BCUT2D eigenvalue weighted by atomic mass is 16.5. The molecule has 0 saturated carbocycles. The van der Waals surface area contributed by atoms with Crippen LogP contribution in [0.3, 0.4) is 0 Å². The van der Waals surface area contributed by atoms with Crippen LogP contribution in [0.25, 0.3) is 22.3 Å². The SMILES string of the molecule is COc1ccc(-c2cc(=O)c3cc(NC(=O)c4ccc(OC)c(OC)c4)ccc3o2)cc1. The van der Waals surface area contributed by atoms with Gasteiger partial charge in [0.1, 0.15) is 17.1 Å². The zero-order valence-electron chi connectivity index (χ0n) is 17.8. The zero-order chi connectivity index (χ0) is 22.7. The average molecular weight is 431 g/mol. The molecule has 1 amide bonds. The van der Waals surface area contributed by atoms with E-state index < -0.39 is 0 Å². The smallest absolute Gasteiger partial charge is 0.255 e. The van der Waals surface area contributed by atoms with Crippen LogP contribution in [0.15, 0.2) is 75.9 Å². The van der Waals surface area contributed by atoms with Crippen molar-refractivity contribution in [3.05, 3.63) is 82.5 Å². The van der Waals surface area contributed by atoms with Crippen molar-refractivity contribution < 1.29 is 23.4 Å². The summed E-state index contributed by atoms with van der Waals surface area (Å²) in [5, 5.41) is 3.16. The Labute approximate surface area is 184 Å². The first-order valence-electron chi connectivity index (χ1n) is 9.78. The maximum Gasteiger partial charge on any atom is 0.255 e. The molecule has 32 heavy (non-hydrogen) atoms. The Morgan fingerprint density at radius 2 is 1.56 bits per heavy atom. The third kappa shape index (κ3) is 4.13. The fourth-order valence-electron chi connectivity index (χ4n) is 3.31. The summed E-state index contributed by atoms with van der Waals surface area (Å²) >= 11 is 0. The maximum atomic E-state index is 12.7. The van der Waals surface area contributed by atoms with Crippen molar-refractivity contribution in [2.24, 2.45) is 0 Å². The van der Waals surface area contributed by atoms with E-state index in [-0.39, 0.29) is 11.3 Å². The molecule has 0 aliphatic carbocycles. The molecule has 1 heterocycles. The van der Waals surface area contributed by atoms with Crippen LogP contribution in [0.5, 0.6) is 17.2 Å². The average Bonchev–Trinajstić information content (AvgIpc) is 2.83. The van der Waals surface area contributed by atoms with E-state index in [9.17, 15) is 9.59 Å². The highest BCUT2D eigenvalue weighted by molar-refractivity contribution is 6.05. The quantitative estimate of drug-likeness (QED) is 0.475. The van der Waals surface area contributed by atoms with E-state index in [4.69, 9.17) is 18.6 Å². The number of benzene rings is 3.